The summed E-state index contributed by atoms with van der Waals surface area (Å²) in [5.41, 5.74) is 1.31. The summed E-state index contributed by atoms with van der Waals surface area (Å²) in [6, 6.07) is 2.14. The van der Waals surface area contributed by atoms with Crippen molar-refractivity contribution < 1.29 is 0 Å². The lowest BCUT2D eigenvalue weighted by Crippen LogP contribution is -2.39. The first kappa shape index (κ1) is 16.7. The van der Waals surface area contributed by atoms with Gasteiger partial charge in [0.15, 0.2) is 5.96 Å². The highest BCUT2D eigenvalue weighted by atomic mass is 127. The average Bonchev–Trinajstić information content (AvgIpc) is 3.01. The molecule has 1 aliphatic rings. The Morgan fingerprint density at radius 2 is 2.37 bits per heavy atom. The van der Waals surface area contributed by atoms with Gasteiger partial charge in [-0.15, -0.1) is 24.0 Å². The molecule has 2 rings (SSSR count). The molecule has 0 aliphatic carbocycles. The van der Waals surface area contributed by atoms with Crippen molar-refractivity contribution in [3.63, 3.8) is 0 Å². The van der Waals surface area contributed by atoms with E-state index in [0.717, 1.165) is 25.0 Å². The fourth-order valence-corrected chi connectivity index (χ4v) is 2.90. The van der Waals surface area contributed by atoms with Gasteiger partial charge in [-0.2, -0.15) is 11.3 Å². The first-order chi connectivity index (χ1) is 8.78. The van der Waals surface area contributed by atoms with E-state index in [1.165, 1.54) is 25.1 Å². The zero-order chi connectivity index (χ0) is 12.8. The molecule has 0 radical (unpaired) electrons. The molecule has 1 fully saturated rings. The van der Waals surface area contributed by atoms with E-state index in [1.54, 1.807) is 11.3 Å². The van der Waals surface area contributed by atoms with Crippen LogP contribution in [0.5, 0.6) is 0 Å². The van der Waals surface area contributed by atoms with E-state index in [0.29, 0.717) is 0 Å². The van der Waals surface area contributed by atoms with Crippen molar-refractivity contribution in [3.8, 4) is 0 Å². The van der Waals surface area contributed by atoms with Crippen molar-refractivity contribution in [1.82, 2.24) is 15.5 Å². The Kier molecular flexibility index (Phi) is 7.70. The lowest BCUT2D eigenvalue weighted by Gasteiger charge is -2.15. The van der Waals surface area contributed by atoms with Crippen LogP contribution in [0.3, 0.4) is 0 Å². The molecule has 1 unspecified atom stereocenters. The normalized spacial score (nSPS) is 20.1. The molecule has 2 heterocycles. The molecular formula is C13H23IN4S. The van der Waals surface area contributed by atoms with E-state index in [-0.39, 0.29) is 24.0 Å². The topological polar surface area (TPSA) is 39.7 Å². The Hall–Kier alpha value is -0.340. The summed E-state index contributed by atoms with van der Waals surface area (Å²) in [7, 11) is 4.01. The van der Waals surface area contributed by atoms with E-state index in [1.807, 2.05) is 7.05 Å². The van der Waals surface area contributed by atoms with Crippen molar-refractivity contribution in [2.45, 2.75) is 13.0 Å². The lowest BCUT2D eigenvalue weighted by molar-refractivity contribution is 0.394. The number of rotatable bonds is 4. The molecule has 1 saturated heterocycles. The molecule has 0 saturated carbocycles. The zero-order valence-electron chi connectivity index (χ0n) is 11.6. The molecule has 1 aromatic rings. The van der Waals surface area contributed by atoms with Gasteiger partial charge in [0.1, 0.15) is 0 Å². The summed E-state index contributed by atoms with van der Waals surface area (Å²) >= 11 is 1.73. The highest BCUT2D eigenvalue weighted by molar-refractivity contribution is 14.0. The molecule has 0 bridgehead atoms. The van der Waals surface area contributed by atoms with Gasteiger partial charge in [0, 0.05) is 26.7 Å². The van der Waals surface area contributed by atoms with Gasteiger partial charge in [0.2, 0.25) is 0 Å². The predicted octanol–water partition coefficient (Wildman–Crippen LogP) is 1.98. The van der Waals surface area contributed by atoms with Crippen LogP contribution in [0.15, 0.2) is 21.8 Å². The highest BCUT2D eigenvalue weighted by Crippen LogP contribution is 2.12. The number of nitrogens with zero attached hydrogens (tertiary/aromatic N) is 2. The SMILES string of the molecule is CN=C(NCc1ccsc1)NCC1CCN(C)C1.I. The molecule has 1 aliphatic heterocycles. The molecule has 0 aromatic carbocycles. The number of hydrogen-bond acceptors (Lipinski definition) is 3. The van der Waals surface area contributed by atoms with Gasteiger partial charge in [0.05, 0.1) is 0 Å². The molecule has 0 spiro atoms. The number of thiophene rings is 1. The predicted molar refractivity (Wildman–Crippen MR) is 93.5 cm³/mol. The molecule has 1 aromatic heterocycles. The second-order valence-electron chi connectivity index (χ2n) is 4.86. The summed E-state index contributed by atoms with van der Waals surface area (Å²) in [6.45, 7) is 4.25. The van der Waals surface area contributed by atoms with Gasteiger partial charge in [0.25, 0.3) is 0 Å². The van der Waals surface area contributed by atoms with Crippen LogP contribution in [0.4, 0.5) is 0 Å². The third-order valence-corrected chi connectivity index (χ3v) is 4.04. The van der Waals surface area contributed by atoms with E-state index < -0.39 is 0 Å². The number of hydrogen-bond donors (Lipinski definition) is 2. The fourth-order valence-electron chi connectivity index (χ4n) is 2.23. The van der Waals surface area contributed by atoms with Crippen LogP contribution >= 0.6 is 35.3 Å². The smallest absolute Gasteiger partial charge is 0.191 e. The Balaban J connectivity index is 0.00000180. The second-order valence-corrected chi connectivity index (χ2v) is 5.64. The van der Waals surface area contributed by atoms with Crippen LogP contribution in [0.25, 0.3) is 0 Å². The van der Waals surface area contributed by atoms with E-state index in [4.69, 9.17) is 0 Å². The third kappa shape index (κ3) is 5.66. The maximum atomic E-state index is 4.25. The van der Waals surface area contributed by atoms with Crippen molar-refractivity contribution in [2.24, 2.45) is 10.9 Å². The minimum atomic E-state index is 0. The van der Waals surface area contributed by atoms with Gasteiger partial charge in [-0.3, -0.25) is 4.99 Å². The first-order valence-electron chi connectivity index (χ1n) is 6.42. The maximum absolute atomic E-state index is 4.25. The van der Waals surface area contributed by atoms with E-state index in [2.05, 4.69) is 44.4 Å². The Bertz CT molecular complexity index is 380. The maximum Gasteiger partial charge on any atom is 0.191 e. The second kappa shape index (κ2) is 8.76. The van der Waals surface area contributed by atoms with Crippen molar-refractivity contribution in [1.29, 1.82) is 0 Å². The molecule has 19 heavy (non-hydrogen) atoms. The van der Waals surface area contributed by atoms with Crippen LogP contribution in [-0.4, -0.2) is 44.6 Å². The van der Waals surface area contributed by atoms with Crippen molar-refractivity contribution in [2.75, 3.05) is 33.7 Å². The van der Waals surface area contributed by atoms with Gasteiger partial charge >= 0.3 is 0 Å². The van der Waals surface area contributed by atoms with Crippen LogP contribution < -0.4 is 10.6 Å². The summed E-state index contributed by atoms with van der Waals surface area (Å²) in [6.07, 6.45) is 1.28. The third-order valence-electron chi connectivity index (χ3n) is 3.31. The van der Waals surface area contributed by atoms with Crippen LogP contribution in [-0.2, 0) is 6.54 Å². The van der Waals surface area contributed by atoms with Crippen LogP contribution in [0.2, 0.25) is 0 Å². The fraction of sp³-hybridized carbons (Fsp3) is 0.615. The Morgan fingerprint density at radius 3 is 2.95 bits per heavy atom. The monoisotopic (exact) mass is 394 g/mol. The van der Waals surface area contributed by atoms with Crippen molar-refractivity contribution >= 4 is 41.3 Å². The quantitative estimate of drug-likeness (QED) is 0.466. The summed E-state index contributed by atoms with van der Waals surface area (Å²) in [5.74, 6) is 1.64. The number of likely N-dealkylation sites (tertiary alicyclic amines) is 1. The van der Waals surface area contributed by atoms with Gasteiger partial charge < -0.3 is 15.5 Å². The molecule has 108 valence electrons. The Labute approximate surface area is 136 Å². The summed E-state index contributed by atoms with van der Waals surface area (Å²) < 4.78 is 0. The standard InChI is InChI=1S/C13H22N4S.HI/c1-14-13(16-8-12-4-6-18-10-12)15-7-11-3-5-17(2)9-11;/h4,6,10-11H,3,5,7-9H2,1-2H3,(H2,14,15,16);1H. The molecular weight excluding hydrogens is 371 g/mol. The molecule has 2 N–H and O–H groups in total. The molecule has 0 amide bonds. The molecule has 6 heteroatoms. The molecule has 4 nitrogen and oxygen atoms in total. The van der Waals surface area contributed by atoms with E-state index >= 15 is 0 Å². The average molecular weight is 394 g/mol. The number of aliphatic imine (C=N–C) groups is 1. The summed E-state index contributed by atoms with van der Waals surface area (Å²) in [5, 5.41) is 11.0. The minimum Gasteiger partial charge on any atom is -0.356 e. The van der Waals surface area contributed by atoms with Gasteiger partial charge in [-0.1, -0.05) is 0 Å². The Morgan fingerprint density at radius 1 is 1.53 bits per heavy atom. The highest BCUT2D eigenvalue weighted by Gasteiger charge is 2.19. The van der Waals surface area contributed by atoms with Gasteiger partial charge in [-0.05, 0) is 48.3 Å². The summed E-state index contributed by atoms with van der Waals surface area (Å²) in [4.78, 5) is 6.63. The zero-order valence-corrected chi connectivity index (χ0v) is 14.7. The molecule has 1 atom stereocenters. The number of halogens is 1. The van der Waals surface area contributed by atoms with Crippen LogP contribution in [0, 0.1) is 5.92 Å². The number of guanidine groups is 1. The first-order valence-corrected chi connectivity index (χ1v) is 7.36. The van der Waals surface area contributed by atoms with Crippen LogP contribution in [0.1, 0.15) is 12.0 Å². The largest absolute Gasteiger partial charge is 0.356 e. The van der Waals surface area contributed by atoms with E-state index in [9.17, 15) is 0 Å². The minimum absolute atomic E-state index is 0. The van der Waals surface area contributed by atoms with Crippen molar-refractivity contribution in [3.05, 3.63) is 22.4 Å². The number of nitrogens with one attached hydrogen (secondary N) is 2. The van der Waals surface area contributed by atoms with Gasteiger partial charge in [-0.25, -0.2) is 0 Å². The lowest BCUT2D eigenvalue weighted by atomic mass is 10.1.